The zero-order chi connectivity index (χ0) is 21.3. The molecular weight excluding hydrogens is 402 g/mol. The van der Waals surface area contributed by atoms with Gasteiger partial charge in [0.15, 0.2) is 0 Å². The van der Waals surface area contributed by atoms with Crippen LogP contribution in [0.2, 0.25) is 5.02 Å². The molecule has 6 nitrogen and oxygen atoms in total. The van der Waals surface area contributed by atoms with Gasteiger partial charge in [-0.15, -0.1) is 0 Å². The highest BCUT2D eigenvalue weighted by Crippen LogP contribution is 2.32. The lowest BCUT2D eigenvalue weighted by atomic mass is 9.92. The van der Waals surface area contributed by atoms with E-state index in [-0.39, 0.29) is 23.8 Å². The average molecular weight is 424 g/mol. The standard InChI is InChI=1S/C23H22ClN3O3/c1-15(28)30-20-9-7-19(8-10-20)27-21-11-4-17(13-25)12-22(21)26(23(27)29)14-16-2-5-18(24)6-3-16/h2-6,11-12,19-20H,7-10,14H2,1H3/t19-,20-. The normalized spacial score (nSPS) is 18.8. The third-order valence-electron chi connectivity index (χ3n) is 5.69. The minimum atomic E-state index is -0.265. The van der Waals surface area contributed by atoms with Crippen molar-refractivity contribution in [3.05, 3.63) is 69.1 Å². The van der Waals surface area contributed by atoms with Crippen molar-refractivity contribution in [3.63, 3.8) is 0 Å². The summed E-state index contributed by atoms with van der Waals surface area (Å²) in [6.45, 7) is 1.82. The molecule has 154 valence electrons. The second-order valence-corrected chi connectivity index (χ2v) is 8.16. The highest BCUT2D eigenvalue weighted by Gasteiger charge is 2.27. The maximum absolute atomic E-state index is 13.4. The Hall–Kier alpha value is -3.04. The van der Waals surface area contributed by atoms with Gasteiger partial charge in [0.05, 0.1) is 29.2 Å². The van der Waals surface area contributed by atoms with Crippen molar-refractivity contribution in [1.82, 2.24) is 9.13 Å². The summed E-state index contributed by atoms with van der Waals surface area (Å²) in [5.74, 6) is -0.265. The van der Waals surface area contributed by atoms with Crippen molar-refractivity contribution in [3.8, 4) is 6.07 Å². The number of rotatable bonds is 4. The molecule has 1 aromatic heterocycles. The highest BCUT2D eigenvalue weighted by molar-refractivity contribution is 6.30. The Bertz CT molecular complexity index is 1180. The van der Waals surface area contributed by atoms with Crippen LogP contribution in [0.5, 0.6) is 0 Å². The summed E-state index contributed by atoms with van der Waals surface area (Å²) < 4.78 is 8.90. The van der Waals surface area contributed by atoms with Gasteiger partial charge >= 0.3 is 11.7 Å². The fraction of sp³-hybridized carbons (Fsp3) is 0.348. The molecule has 1 aliphatic rings. The number of fused-ring (bicyclic) bond motifs is 1. The molecule has 7 heteroatoms. The zero-order valence-corrected chi connectivity index (χ0v) is 17.4. The first-order chi connectivity index (χ1) is 14.5. The maximum atomic E-state index is 13.4. The quantitative estimate of drug-likeness (QED) is 0.582. The number of nitriles is 1. The van der Waals surface area contributed by atoms with Crippen LogP contribution in [0.25, 0.3) is 11.0 Å². The molecule has 0 aliphatic heterocycles. The van der Waals surface area contributed by atoms with Crippen LogP contribution in [-0.2, 0) is 16.1 Å². The highest BCUT2D eigenvalue weighted by atomic mass is 35.5. The minimum Gasteiger partial charge on any atom is -0.463 e. The van der Waals surface area contributed by atoms with Gasteiger partial charge in [0, 0.05) is 18.0 Å². The van der Waals surface area contributed by atoms with Crippen LogP contribution in [-0.4, -0.2) is 21.2 Å². The number of nitrogens with zero attached hydrogens (tertiary/aromatic N) is 3. The summed E-state index contributed by atoms with van der Waals surface area (Å²) in [5.41, 5.74) is 2.95. The smallest absolute Gasteiger partial charge is 0.329 e. The van der Waals surface area contributed by atoms with Gasteiger partial charge in [-0.25, -0.2) is 4.79 Å². The van der Waals surface area contributed by atoms with Gasteiger partial charge in [-0.05, 0) is 61.6 Å². The van der Waals surface area contributed by atoms with Crippen molar-refractivity contribution in [2.75, 3.05) is 0 Å². The van der Waals surface area contributed by atoms with Gasteiger partial charge in [0.2, 0.25) is 0 Å². The summed E-state index contributed by atoms with van der Waals surface area (Å²) in [4.78, 5) is 24.7. The van der Waals surface area contributed by atoms with Crippen molar-refractivity contribution in [2.45, 2.75) is 51.3 Å². The molecule has 0 amide bonds. The van der Waals surface area contributed by atoms with Gasteiger partial charge in [-0.1, -0.05) is 23.7 Å². The van der Waals surface area contributed by atoms with Crippen LogP contribution >= 0.6 is 11.6 Å². The van der Waals surface area contributed by atoms with E-state index < -0.39 is 0 Å². The third kappa shape index (κ3) is 3.99. The Labute approximate surface area is 179 Å². The lowest BCUT2D eigenvalue weighted by molar-refractivity contribution is -0.148. The SMILES string of the molecule is CC(=O)O[C@H]1CC[C@H](n2c(=O)n(Cc3ccc(Cl)cc3)c3cc(C#N)ccc32)CC1. The number of halogens is 1. The minimum absolute atomic E-state index is 0.0335. The third-order valence-corrected chi connectivity index (χ3v) is 5.94. The van der Waals surface area contributed by atoms with E-state index in [9.17, 15) is 14.9 Å². The second-order valence-electron chi connectivity index (χ2n) is 7.72. The van der Waals surface area contributed by atoms with E-state index in [0.717, 1.165) is 42.3 Å². The average Bonchev–Trinajstić information content (AvgIpc) is 3.00. The number of benzene rings is 2. The molecular formula is C23H22ClN3O3. The van der Waals surface area contributed by atoms with Crippen molar-refractivity contribution in [2.24, 2.45) is 0 Å². The molecule has 0 spiro atoms. The summed E-state index contributed by atoms with van der Waals surface area (Å²) in [7, 11) is 0. The molecule has 1 heterocycles. The van der Waals surface area contributed by atoms with Gasteiger partial charge in [0.1, 0.15) is 6.10 Å². The van der Waals surface area contributed by atoms with Crippen LogP contribution in [0.3, 0.4) is 0 Å². The molecule has 0 atom stereocenters. The molecule has 3 aromatic rings. The molecule has 0 radical (unpaired) electrons. The van der Waals surface area contributed by atoms with E-state index in [2.05, 4.69) is 6.07 Å². The Kier molecular flexibility index (Phi) is 5.65. The molecule has 0 N–H and O–H groups in total. The van der Waals surface area contributed by atoms with E-state index in [4.69, 9.17) is 16.3 Å². The molecule has 0 unspecified atom stereocenters. The first kappa shape index (κ1) is 20.2. The van der Waals surface area contributed by atoms with E-state index in [1.807, 2.05) is 22.8 Å². The van der Waals surface area contributed by atoms with E-state index in [0.29, 0.717) is 17.1 Å². The number of carbonyl (C=O) groups excluding carboxylic acids is 1. The number of hydrogen-bond acceptors (Lipinski definition) is 4. The monoisotopic (exact) mass is 423 g/mol. The van der Waals surface area contributed by atoms with Gasteiger partial charge in [-0.3, -0.25) is 13.9 Å². The zero-order valence-electron chi connectivity index (χ0n) is 16.7. The van der Waals surface area contributed by atoms with Crippen LogP contribution in [0.1, 0.15) is 49.8 Å². The van der Waals surface area contributed by atoms with Crippen LogP contribution in [0, 0.1) is 11.3 Å². The Morgan fingerprint density at radius 3 is 2.47 bits per heavy atom. The number of aromatic nitrogens is 2. The van der Waals surface area contributed by atoms with Gasteiger partial charge < -0.3 is 4.74 Å². The van der Waals surface area contributed by atoms with Crippen molar-refractivity contribution < 1.29 is 9.53 Å². The number of carbonyl (C=O) groups is 1. The Morgan fingerprint density at radius 1 is 1.13 bits per heavy atom. The summed E-state index contributed by atoms with van der Waals surface area (Å²) in [6, 6.07) is 15.0. The molecule has 1 fully saturated rings. The van der Waals surface area contributed by atoms with Crippen LogP contribution < -0.4 is 5.69 Å². The Balaban J connectivity index is 1.73. The largest absolute Gasteiger partial charge is 0.463 e. The van der Waals surface area contributed by atoms with Crippen molar-refractivity contribution in [1.29, 1.82) is 5.26 Å². The number of esters is 1. The molecule has 4 rings (SSSR count). The first-order valence-corrected chi connectivity index (χ1v) is 10.4. The summed E-state index contributed by atoms with van der Waals surface area (Å²) >= 11 is 5.99. The topological polar surface area (TPSA) is 77.0 Å². The number of hydrogen-bond donors (Lipinski definition) is 0. The summed E-state index contributed by atoms with van der Waals surface area (Å²) in [6.07, 6.45) is 2.91. The predicted octanol–water partition coefficient (Wildman–Crippen LogP) is 4.42. The number of ether oxygens (including phenoxy) is 1. The van der Waals surface area contributed by atoms with Crippen molar-refractivity contribution >= 4 is 28.6 Å². The fourth-order valence-electron chi connectivity index (χ4n) is 4.28. The predicted molar refractivity (Wildman–Crippen MR) is 115 cm³/mol. The van der Waals surface area contributed by atoms with Gasteiger partial charge in [-0.2, -0.15) is 5.26 Å². The van der Waals surface area contributed by atoms with E-state index >= 15 is 0 Å². The lowest BCUT2D eigenvalue weighted by Crippen LogP contribution is -2.32. The second kappa shape index (κ2) is 8.37. The molecule has 2 aromatic carbocycles. The van der Waals surface area contributed by atoms with Crippen LogP contribution in [0.15, 0.2) is 47.3 Å². The maximum Gasteiger partial charge on any atom is 0.329 e. The Morgan fingerprint density at radius 2 is 1.83 bits per heavy atom. The van der Waals surface area contributed by atoms with E-state index in [1.165, 1.54) is 6.92 Å². The summed E-state index contributed by atoms with van der Waals surface area (Å²) in [5, 5.41) is 9.98. The first-order valence-electron chi connectivity index (χ1n) is 10.0. The number of imidazole rings is 1. The molecule has 0 saturated heterocycles. The molecule has 0 bridgehead atoms. The van der Waals surface area contributed by atoms with Crippen LogP contribution in [0.4, 0.5) is 0 Å². The lowest BCUT2D eigenvalue weighted by Gasteiger charge is -2.28. The van der Waals surface area contributed by atoms with Gasteiger partial charge in [0.25, 0.3) is 0 Å². The van der Waals surface area contributed by atoms with E-state index in [1.54, 1.807) is 28.8 Å². The molecule has 30 heavy (non-hydrogen) atoms. The molecule has 1 aliphatic carbocycles. The molecule has 1 saturated carbocycles. The fourth-order valence-corrected chi connectivity index (χ4v) is 4.41.